The number of aliphatic hydroxyl groups excluding tert-OH is 3. The molecule has 3 aromatic heterocycles. The molecule has 13 heteroatoms. The van der Waals surface area contributed by atoms with E-state index in [-0.39, 0.29) is 28.7 Å². The largest absolute Gasteiger partial charge is 0.493 e. The van der Waals surface area contributed by atoms with Gasteiger partial charge < -0.3 is 35.1 Å². The Balaban J connectivity index is 1.66. The molecule has 0 spiro atoms. The first kappa shape index (κ1) is 19.3. The monoisotopic (exact) mass is 427 g/mol. The Kier molecular flexibility index (Phi) is 4.51. The second-order valence-corrected chi connectivity index (χ2v) is 6.98. The number of azo groups is 1. The first-order valence-electron chi connectivity index (χ1n) is 9.29. The summed E-state index contributed by atoms with van der Waals surface area (Å²) in [5.41, 5.74) is 0.191. The first-order chi connectivity index (χ1) is 15.0. The standard InChI is InChI=1S/C18H17N7O6/c26-5-9-12(27)13(28)17(31-9)25-14-11(15(29)20-6-19-14)22-18(25)24-23-10-7-3-1-2-4-8(7)21-16(10)30/h1-4,6,9,12-13,17,21,26-28,30H,5H2,(H,19,20,29). The van der Waals surface area contributed by atoms with Crippen LogP contribution in [-0.2, 0) is 4.74 Å². The van der Waals surface area contributed by atoms with Crippen molar-refractivity contribution in [2.24, 2.45) is 10.2 Å². The van der Waals surface area contributed by atoms with E-state index in [1.165, 1.54) is 4.57 Å². The molecule has 4 unspecified atom stereocenters. The number of aromatic nitrogens is 5. The lowest BCUT2D eigenvalue weighted by molar-refractivity contribution is -0.0503. The van der Waals surface area contributed by atoms with Crippen molar-refractivity contribution in [2.75, 3.05) is 6.61 Å². The molecule has 0 amide bonds. The molecule has 5 rings (SSSR count). The van der Waals surface area contributed by atoms with Gasteiger partial charge in [0, 0.05) is 5.39 Å². The maximum absolute atomic E-state index is 12.2. The molecular weight excluding hydrogens is 410 g/mol. The SMILES string of the molecule is O=c1[nH]cnc2c1nc(N=Nc1c(O)[nH]c3ccccc13)n2C1OC(CO)C(O)C1O. The number of benzene rings is 1. The van der Waals surface area contributed by atoms with Gasteiger partial charge in [-0.25, -0.2) is 9.97 Å². The molecule has 0 bridgehead atoms. The topological polar surface area (TPSA) is 194 Å². The second-order valence-electron chi connectivity index (χ2n) is 6.98. The second kappa shape index (κ2) is 7.24. The number of aromatic amines is 2. The van der Waals surface area contributed by atoms with Crippen LogP contribution in [0.25, 0.3) is 22.1 Å². The van der Waals surface area contributed by atoms with Crippen LogP contribution in [0.5, 0.6) is 5.88 Å². The van der Waals surface area contributed by atoms with Crippen LogP contribution in [0.4, 0.5) is 11.6 Å². The fourth-order valence-corrected chi connectivity index (χ4v) is 3.62. The molecule has 4 atom stereocenters. The Morgan fingerprint density at radius 3 is 2.77 bits per heavy atom. The number of fused-ring (bicyclic) bond motifs is 2. The van der Waals surface area contributed by atoms with E-state index >= 15 is 0 Å². The average Bonchev–Trinajstić information content (AvgIpc) is 3.38. The molecule has 13 nitrogen and oxygen atoms in total. The van der Waals surface area contributed by atoms with E-state index in [4.69, 9.17) is 4.74 Å². The zero-order chi connectivity index (χ0) is 21.7. The number of aliphatic hydroxyl groups is 3. The summed E-state index contributed by atoms with van der Waals surface area (Å²) in [7, 11) is 0. The number of nitrogens with one attached hydrogen (secondary N) is 2. The molecule has 0 aliphatic carbocycles. The van der Waals surface area contributed by atoms with Crippen LogP contribution >= 0.6 is 0 Å². The maximum atomic E-state index is 12.2. The van der Waals surface area contributed by atoms with Crippen molar-refractivity contribution in [1.82, 2.24) is 24.5 Å². The molecule has 4 heterocycles. The lowest BCUT2D eigenvalue weighted by atomic mass is 10.1. The van der Waals surface area contributed by atoms with Crippen LogP contribution in [0.1, 0.15) is 6.23 Å². The van der Waals surface area contributed by atoms with Gasteiger partial charge in [-0.1, -0.05) is 18.2 Å². The number of para-hydroxylation sites is 1. The van der Waals surface area contributed by atoms with Gasteiger partial charge in [0.25, 0.3) is 11.5 Å². The Bertz CT molecular complexity index is 1360. The fourth-order valence-electron chi connectivity index (χ4n) is 3.62. The molecular formula is C18H17N7O6. The molecule has 160 valence electrons. The van der Waals surface area contributed by atoms with Gasteiger partial charge in [0.15, 0.2) is 23.1 Å². The average molecular weight is 427 g/mol. The fraction of sp³-hybridized carbons (Fsp3) is 0.278. The van der Waals surface area contributed by atoms with Crippen molar-refractivity contribution in [3.05, 3.63) is 40.9 Å². The Labute approximate surface area is 172 Å². The molecule has 1 aliphatic heterocycles. The van der Waals surface area contributed by atoms with E-state index in [2.05, 4.69) is 30.2 Å². The minimum atomic E-state index is -1.45. The number of imidazole rings is 1. The van der Waals surface area contributed by atoms with Gasteiger partial charge in [0.1, 0.15) is 18.3 Å². The van der Waals surface area contributed by atoms with Crippen molar-refractivity contribution in [2.45, 2.75) is 24.5 Å². The smallest absolute Gasteiger partial charge is 0.278 e. The molecule has 1 saturated heterocycles. The predicted molar refractivity (Wildman–Crippen MR) is 105 cm³/mol. The van der Waals surface area contributed by atoms with Gasteiger partial charge in [-0.3, -0.25) is 9.36 Å². The highest BCUT2D eigenvalue weighted by atomic mass is 16.6. The Hall–Kier alpha value is -3.65. The third kappa shape index (κ3) is 2.98. The summed E-state index contributed by atoms with van der Waals surface area (Å²) in [6.07, 6.45) is -3.97. The Morgan fingerprint density at radius 2 is 2.00 bits per heavy atom. The van der Waals surface area contributed by atoms with Crippen LogP contribution in [0.2, 0.25) is 0 Å². The quantitative estimate of drug-likeness (QED) is 0.251. The molecule has 1 aliphatic rings. The zero-order valence-corrected chi connectivity index (χ0v) is 15.7. The summed E-state index contributed by atoms with van der Waals surface area (Å²) < 4.78 is 6.77. The summed E-state index contributed by atoms with van der Waals surface area (Å²) in [6, 6.07) is 7.05. The molecule has 0 saturated carbocycles. The van der Waals surface area contributed by atoms with Crippen molar-refractivity contribution < 1.29 is 25.2 Å². The number of nitrogens with zero attached hydrogens (tertiary/aromatic N) is 5. The van der Waals surface area contributed by atoms with Gasteiger partial charge in [-0.15, -0.1) is 10.2 Å². The van der Waals surface area contributed by atoms with E-state index in [0.717, 1.165) is 6.33 Å². The molecule has 1 aromatic carbocycles. The van der Waals surface area contributed by atoms with Crippen molar-refractivity contribution in [1.29, 1.82) is 0 Å². The van der Waals surface area contributed by atoms with Gasteiger partial charge in [0.05, 0.1) is 18.5 Å². The van der Waals surface area contributed by atoms with Crippen LogP contribution in [0.3, 0.4) is 0 Å². The minimum absolute atomic E-state index is 0.0377. The third-order valence-corrected chi connectivity index (χ3v) is 5.14. The number of aromatic hydroxyl groups is 1. The first-order valence-corrected chi connectivity index (χ1v) is 9.29. The lowest BCUT2D eigenvalue weighted by Gasteiger charge is -2.17. The summed E-state index contributed by atoms with van der Waals surface area (Å²) in [4.78, 5) is 25.6. The van der Waals surface area contributed by atoms with Gasteiger partial charge in [-0.05, 0) is 6.07 Å². The number of rotatable bonds is 4. The number of hydrogen-bond donors (Lipinski definition) is 6. The summed E-state index contributed by atoms with van der Waals surface area (Å²) in [6.45, 7) is -0.532. The highest BCUT2D eigenvalue weighted by Gasteiger charge is 2.45. The lowest BCUT2D eigenvalue weighted by Crippen LogP contribution is -2.33. The predicted octanol–water partition coefficient (Wildman–Crippen LogP) is 0.333. The van der Waals surface area contributed by atoms with E-state index < -0.39 is 36.7 Å². The van der Waals surface area contributed by atoms with Gasteiger partial charge in [-0.2, -0.15) is 0 Å². The van der Waals surface area contributed by atoms with Crippen molar-refractivity contribution in [3.8, 4) is 5.88 Å². The Morgan fingerprint density at radius 1 is 1.19 bits per heavy atom. The molecule has 4 aromatic rings. The van der Waals surface area contributed by atoms with Gasteiger partial charge in [0.2, 0.25) is 5.88 Å². The summed E-state index contributed by atoms with van der Waals surface area (Å²) in [5.74, 6) is -0.366. The third-order valence-electron chi connectivity index (χ3n) is 5.14. The number of hydrogen-bond acceptors (Lipinski definition) is 10. The molecule has 6 N–H and O–H groups in total. The molecule has 1 fully saturated rings. The van der Waals surface area contributed by atoms with Crippen LogP contribution in [0, 0.1) is 0 Å². The summed E-state index contributed by atoms with van der Waals surface area (Å²) in [5, 5.41) is 48.9. The zero-order valence-electron chi connectivity index (χ0n) is 15.7. The van der Waals surface area contributed by atoms with Gasteiger partial charge >= 0.3 is 0 Å². The van der Waals surface area contributed by atoms with Crippen molar-refractivity contribution in [3.63, 3.8) is 0 Å². The summed E-state index contributed by atoms with van der Waals surface area (Å²) >= 11 is 0. The molecule has 31 heavy (non-hydrogen) atoms. The number of H-pyrrole nitrogens is 2. The van der Waals surface area contributed by atoms with Crippen LogP contribution in [-0.4, -0.2) is 69.8 Å². The van der Waals surface area contributed by atoms with E-state index in [1.807, 2.05) is 0 Å². The van der Waals surface area contributed by atoms with E-state index in [9.17, 15) is 25.2 Å². The highest BCUT2D eigenvalue weighted by Crippen LogP contribution is 2.38. The van der Waals surface area contributed by atoms with Crippen molar-refractivity contribution >= 4 is 33.7 Å². The maximum Gasteiger partial charge on any atom is 0.278 e. The number of ether oxygens (including phenoxy) is 1. The van der Waals surface area contributed by atoms with E-state index in [1.54, 1.807) is 24.3 Å². The highest BCUT2D eigenvalue weighted by molar-refractivity contribution is 5.94. The molecule has 0 radical (unpaired) electrons. The minimum Gasteiger partial charge on any atom is -0.493 e. The van der Waals surface area contributed by atoms with E-state index in [0.29, 0.717) is 10.9 Å². The van der Waals surface area contributed by atoms with Crippen LogP contribution < -0.4 is 5.56 Å². The van der Waals surface area contributed by atoms with Crippen LogP contribution in [0.15, 0.2) is 45.6 Å². The normalized spacial score (nSPS) is 24.1.